The number of hydrogen-bond acceptors (Lipinski definition) is 1. The van der Waals surface area contributed by atoms with Crippen LogP contribution in [0.25, 0.3) is 0 Å². The van der Waals surface area contributed by atoms with Crippen molar-refractivity contribution in [1.82, 2.24) is 0 Å². The van der Waals surface area contributed by atoms with Gasteiger partial charge in [-0.2, -0.15) is 0 Å². The predicted octanol–water partition coefficient (Wildman–Crippen LogP) is 2.78. The highest BCUT2D eigenvalue weighted by Gasteiger charge is 2.23. The normalized spacial score (nSPS) is 14.1. The summed E-state index contributed by atoms with van der Waals surface area (Å²) in [5.74, 6) is -1.87. The minimum atomic E-state index is -1.22. The summed E-state index contributed by atoms with van der Waals surface area (Å²) in [6.45, 7) is 0. The second-order valence-corrected chi connectivity index (χ2v) is 4.14. The van der Waals surface area contributed by atoms with Crippen LogP contribution in [-0.4, -0.2) is 11.1 Å². The van der Waals surface area contributed by atoms with E-state index in [0.717, 1.165) is 30.4 Å². The fraction of sp³-hybridized carbons (Fsp3) is 0.300. The molecule has 2 rings (SSSR count). The van der Waals surface area contributed by atoms with E-state index in [1.807, 2.05) is 0 Å². The van der Waals surface area contributed by atoms with Crippen molar-refractivity contribution in [3.8, 4) is 0 Å². The summed E-state index contributed by atoms with van der Waals surface area (Å²) < 4.78 is 13.8. The Balaban J connectivity index is 2.68. The van der Waals surface area contributed by atoms with E-state index < -0.39 is 11.8 Å². The summed E-state index contributed by atoms with van der Waals surface area (Å²) in [6.07, 6.45) is 2.64. The molecule has 0 aromatic heterocycles. The van der Waals surface area contributed by atoms with Crippen LogP contribution in [0.15, 0.2) is 10.5 Å². The summed E-state index contributed by atoms with van der Waals surface area (Å²) in [4.78, 5) is 10.8. The Morgan fingerprint density at radius 1 is 1.50 bits per heavy atom. The number of hydrogen-bond donors (Lipinski definition) is 1. The molecule has 0 spiro atoms. The van der Waals surface area contributed by atoms with Gasteiger partial charge in [0.1, 0.15) is 11.4 Å². The molecule has 0 saturated heterocycles. The molecule has 0 bridgehead atoms. The standard InChI is InChI=1S/C10H8BrFO2/c11-9-6-3-1-2-5(6)4-7(12)8(9)10(13)14/h4H,1-3H2,(H,13,14). The van der Waals surface area contributed by atoms with Crippen molar-refractivity contribution in [2.75, 3.05) is 0 Å². The number of aryl methyl sites for hydroxylation is 1. The van der Waals surface area contributed by atoms with E-state index in [1.54, 1.807) is 0 Å². The third-order valence-corrected chi connectivity index (χ3v) is 3.37. The Morgan fingerprint density at radius 3 is 2.86 bits per heavy atom. The SMILES string of the molecule is O=C(O)c1c(F)cc2c(c1Br)CCC2. The van der Waals surface area contributed by atoms with Crippen molar-refractivity contribution >= 4 is 21.9 Å². The van der Waals surface area contributed by atoms with E-state index >= 15 is 0 Å². The highest BCUT2D eigenvalue weighted by molar-refractivity contribution is 9.10. The minimum Gasteiger partial charge on any atom is -0.478 e. The molecule has 74 valence electrons. The lowest BCUT2D eigenvalue weighted by molar-refractivity contribution is 0.0690. The number of aromatic carboxylic acids is 1. The van der Waals surface area contributed by atoms with Crippen molar-refractivity contribution < 1.29 is 14.3 Å². The van der Waals surface area contributed by atoms with Crippen LogP contribution in [0.5, 0.6) is 0 Å². The van der Waals surface area contributed by atoms with Crippen LogP contribution < -0.4 is 0 Å². The molecule has 0 radical (unpaired) electrons. The largest absolute Gasteiger partial charge is 0.478 e. The van der Waals surface area contributed by atoms with Gasteiger partial charge >= 0.3 is 5.97 Å². The molecule has 1 aromatic carbocycles. The summed E-state index contributed by atoms with van der Waals surface area (Å²) in [6, 6.07) is 1.34. The van der Waals surface area contributed by atoms with Gasteiger partial charge in [0.05, 0.1) is 0 Å². The Morgan fingerprint density at radius 2 is 2.21 bits per heavy atom. The summed E-state index contributed by atoms with van der Waals surface area (Å²) in [7, 11) is 0. The van der Waals surface area contributed by atoms with Crippen LogP contribution in [0.3, 0.4) is 0 Å². The topological polar surface area (TPSA) is 37.3 Å². The number of halogens is 2. The molecule has 1 aliphatic carbocycles. The van der Waals surface area contributed by atoms with Crippen LogP contribution >= 0.6 is 15.9 Å². The second-order valence-electron chi connectivity index (χ2n) is 3.34. The highest BCUT2D eigenvalue weighted by atomic mass is 79.9. The van der Waals surface area contributed by atoms with Gasteiger partial charge in [-0.3, -0.25) is 0 Å². The maximum atomic E-state index is 13.3. The number of fused-ring (bicyclic) bond motifs is 1. The van der Waals surface area contributed by atoms with Gasteiger partial charge in [-0.05, 0) is 52.4 Å². The van der Waals surface area contributed by atoms with Crippen LogP contribution in [-0.2, 0) is 12.8 Å². The second kappa shape index (κ2) is 3.35. The van der Waals surface area contributed by atoms with Gasteiger partial charge in [0.15, 0.2) is 0 Å². The Hall–Kier alpha value is -0.900. The quantitative estimate of drug-likeness (QED) is 0.841. The van der Waals surface area contributed by atoms with Crippen LogP contribution in [0, 0.1) is 5.82 Å². The van der Waals surface area contributed by atoms with Crippen molar-refractivity contribution in [1.29, 1.82) is 0 Å². The van der Waals surface area contributed by atoms with Crippen LogP contribution in [0.2, 0.25) is 0 Å². The lowest BCUT2D eigenvalue weighted by atomic mass is 10.1. The minimum absolute atomic E-state index is 0.245. The zero-order chi connectivity index (χ0) is 10.3. The Bertz CT molecular complexity index is 415. The van der Waals surface area contributed by atoms with Crippen molar-refractivity contribution in [3.05, 3.63) is 33.0 Å². The lowest BCUT2D eigenvalue weighted by Gasteiger charge is -2.07. The van der Waals surface area contributed by atoms with E-state index in [0.29, 0.717) is 4.47 Å². The van der Waals surface area contributed by atoms with E-state index in [4.69, 9.17) is 5.11 Å². The van der Waals surface area contributed by atoms with Crippen LogP contribution in [0.4, 0.5) is 4.39 Å². The number of carbonyl (C=O) groups is 1. The summed E-state index contributed by atoms with van der Waals surface area (Å²) >= 11 is 3.16. The fourth-order valence-electron chi connectivity index (χ4n) is 1.85. The van der Waals surface area contributed by atoms with Gasteiger partial charge in [0.25, 0.3) is 0 Å². The molecule has 4 heteroatoms. The third kappa shape index (κ3) is 1.34. The average Bonchev–Trinajstić information content (AvgIpc) is 2.50. The molecule has 0 amide bonds. The molecule has 1 aliphatic rings. The fourth-order valence-corrected chi connectivity index (χ4v) is 2.67. The van der Waals surface area contributed by atoms with E-state index in [9.17, 15) is 9.18 Å². The van der Waals surface area contributed by atoms with Crippen molar-refractivity contribution in [3.63, 3.8) is 0 Å². The first-order chi connectivity index (χ1) is 6.61. The molecule has 0 fully saturated rings. The maximum absolute atomic E-state index is 13.3. The van der Waals surface area contributed by atoms with Crippen molar-refractivity contribution in [2.24, 2.45) is 0 Å². The maximum Gasteiger partial charge on any atom is 0.339 e. The molecule has 14 heavy (non-hydrogen) atoms. The number of carboxylic acid groups (broad SMARTS) is 1. The zero-order valence-corrected chi connectivity index (χ0v) is 8.90. The first kappa shape index (κ1) is 9.65. The van der Waals surface area contributed by atoms with Crippen molar-refractivity contribution in [2.45, 2.75) is 19.3 Å². The van der Waals surface area contributed by atoms with Gasteiger partial charge in [-0.1, -0.05) is 0 Å². The molecule has 0 heterocycles. The molecular formula is C10H8BrFO2. The Labute approximate surface area is 88.9 Å². The summed E-state index contributed by atoms with van der Waals surface area (Å²) in [5.41, 5.74) is 1.63. The molecule has 0 atom stereocenters. The monoisotopic (exact) mass is 258 g/mol. The molecule has 1 N–H and O–H groups in total. The number of rotatable bonds is 1. The van der Waals surface area contributed by atoms with Gasteiger partial charge < -0.3 is 5.11 Å². The smallest absolute Gasteiger partial charge is 0.339 e. The lowest BCUT2D eigenvalue weighted by Crippen LogP contribution is -2.04. The number of benzene rings is 1. The first-order valence-electron chi connectivity index (χ1n) is 4.34. The third-order valence-electron chi connectivity index (χ3n) is 2.50. The van der Waals surface area contributed by atoms with Gasteiger partial charge in [0, 0.05) is 4.47 Å². The van der Waals surface area contributed by atoms with E-state index in [-0.39, 0.29) is 5.56 Å². The molecule has 0 aliphatic heterocycles. The highest BCUT2D eigenvalue weighted by Crippen LogP contribution is 2.33. The average molecular weight is 259 g/mol. The predicted molar refractivity (Wildman–Crippen MR) is 53.1 cm³/mol. The molecule has 1 aromatic rings. The molecule has 0 saturated carbocycles. The first-order valence-corrected chi connectivity index (χ1v) is 5.13. The molecule has 2 nitrogen and oxygen atoms in total. The Kier molecular flexibility index (Phi) is 2.31. The van der Waals surface area contributed by atoms with E-state index in [1.165, 1.54) is 6.07 Å². The zero-order valence-electron chi connectivity index (χ0n) is 7.31. The van der Waals surface area contributed by atoms with Gasteiger partial charge in [0.2, 0.25) is 0 Å². The van der Waals surface area contributed by atoms with E-state index in [2.05, 4.69) is 15.9 Å². The molecule has 0 unspecified atom stereocenters. The van der Waals surface area contributed by atoms with Crippen LogP contribution in [0.1, 0.15) is 27.9 Å². The van der Waals surface area contributed by atoms with Gasteiger partial charge in [-0.15, -0.1) is 0 Å². The molecular weight excluding hydrogens is 251 g/mol. The van der Waals surface area contributed by atoms with Gasteiger partial charge in [-0.25, -0.2) is 9.18 Å². The number of carboxylic acids is 1. The summed E-state index contributed by atoms with van der Waals surface area (Å²) in [5, 5.41) is 8.81.